The van der Waals surface area contributed by atoms with E-state index in [0.29, 0.717) is 5.92 Å². The highest BCUT2D eigenvalue weighted by molar-refractivity contribution is 6.11. The molecule has 5 aromatic rings. The third kappa shape index (κ3) is 2.45. The Morgan fingerprint density at radius 3 is 2.46 bits per heavy atom. The van der Waals surface area contributed by atoms with Gasteiger partial charge in [-0.3, -0.25) is 0 Å². The highest BCUT2D eigenvalue weighted by Crippen LogP contribution is 2.39. The molecule has 2 heterocycles. The molecule has 0 bridgehead atoms. The van der Waals surface area contributed by atoms with E-state index in [1.165, 1.54) is 43.9 Å². The zero-order chi connectivity index (χ0) is 19.4. The average molecular weight is 366 g/mol. The maximum Gasteiger partial charge on any atom is 0.224 e. The van der Waals surface area contributed by atoms with Crippen molar-refractivity contribution in [3.8, 4) is 11.3 Å². The van der Waals surface area contributed by atoms with Gasteiger partial charge in [0.1, 0.15) is 18.2 Å². The molecule has 0 atom stereocenters. The molecule has 0 N–H and O–H groups in total. The van der Waals surface area contributed by atoms with Gasteiger partial charge in [-0.05, 0) is 41.5 Å². The van der Waals surface area contributed by atoms with Gasteiger partial charge in [0.15, 0.2) is 6.20 Å². The fourth-order valence-corrected chi connectivity index (χ4v) is 4.24. The minimum Gasteiger partial charge on any atom is -0.455 e. The van der Waals surface area contributed by atoms with Gasteiger partial charge in [-0.15, -0.1) is 0 Å². The van der Waals surface area contributed by atoms with Crippen LogP contribution < -0.4 is 4.57 Å². The zero-order valence-corrected chi connectivity index (χ0v) is 16.8. The first kappa shape index (κ1) is 17.0. The number of para-hydroxylation sites is 1. The maximum atomic E-state index is 6.37. The molecular formula is C26H24NO+. The van der Waals surface area contributed by atoms with Crippen molar-refractivity contribution in [1.82, 2.24) is 0 Å². The van der Waals surface area contributed by atoms with Gasteiger partial charge in [-0.25, -0.2) is 4.57 Å². The van der Waals surface area contributed by atoms with Crippen LogP contribution in [-0.2, 0) is 7.05 Å². The molecule has 0 saturated heterocycles. The van der Waals surface area contributed by atoms with E-state index in [4.69, 9.17) is 4.42 Å². The van der Waals surface area contributed by atoms with Crippen molar-refractivity contribution >= 4 is 32.7 Å². The topological polar surface area (TPSA) is 17.0 Å². The zero-order valence-electron chi connectivity index (χ0n) is 16.8. The summed E-state index contributed by atoms with van der Waals surface area (Å²) in [7, 11) is 2.12. The third-order valence-electron chi connectivity index (χ3n) is 5.82. The number of furan rings is 1. The molecule has 0 spiro atoms. The van der Waals surface area contributed by atoms with Crippen molar-refractivity contribution in [2.45, 2.75) is 26.7 Å². The number of hydrogen-bond donors (Lipinski definition) is 0. The van der Waals surface area contributed by atoms with E-state index < -0.39 is 0 Å². The van der Waals surface area contributed by atoms with Crippen molar-refractivity contribution < 1.29 is 8.98 Å². The van der Waals surface area contributed by atoms with E-state index in [-0.39, 0.29) is 0 Å². The number of benzene rings is 3. The number of fused-ring (bicyclic) bond motifs is 4. The van der Waals surface area contributed by atoms with Gasteiger partial charge in [0.25, 0.3) is 0 Å². The van der Waals surface area contributed by atoms with Crippen LogP contribution in [0.3, 0.4) is 0 Å². The number of rotatable bonds is 2. The van der Waals surface area contributed by atoms with Crippen LogP contribution >= 0.6 is 0 Å². The van der Waals surface area contributed by atoms with Crippen molar-refractivity contribution in [2.75, 3.05) is 0 Å². The lowest BCUT2D eigenvalue weighted by molar-refractivity contribution is -0.659. The fraction of sp³-hybridized carbons (Fsp3) is 0.192. The summed E-state index contributed by atoms with van der Waals surface area (Å²) in [5.74, 6) is 0.516. The predicted molar refractivity (Wildman–Crippen MR) is 117 cm³/mol. The molecule has 2 heteroatoms. The normalized spacial score (nSPS) is 11.9. The molecule has 0 radical (unpaired) electrons. The molecule has 0 aliphatic heterocycles. The SMILES string of the molecule is Cc1ccc2c(oc3ccccc32)c1-c1c2ccc(C(C)C)cc2cc[n+]1C. The average Bonchev–Trinajstić information content (AvgIpc) is 3.07. The van der Waals surface area contributed by atoms with Crippen molar-refractivity contribution in [2.24, 2.45) is 7.05 Å². The number of hydrogen-bond acceptors (Lipinski definition) is 1. The minimum atomic E-state index is 0.516. The van der Waals surface area contributed by atoms with Crippen LogP contribution in [0.5, 0.6) is 0 Å². The van der Waals surface area contributed by atoms with Crippen LogP contribution in [0.25, 0.3) is 44.0 Å². The highest BCUT2D eigenvalue weighted by atomic mass is 16.3. The Kier molecular flexibility index (Phi) is 3.77. The van der Waals surface area contributed by atoms with Gasteiger partial charge < -0.3 is 4.42 Å². The molecule has 0 aliphatic carbocycles. The molecule has 3 aromatic carbocycles. The lowest BCUT2D eigenvalue weighted by atomic mass is 9.94. The summed E-state index contributed by atoms with van der Waals surface area (Å²) in [6.07, 6.45) is 2.16. The number of pyridine rings is 1. The lowest BCUT2D eigenvalue weighted by Crippen LogP contribution is -2.30. The summed E-state index contributed by atoms with van der Waals surface area (Å²) in [5.41, 5.74) is 6.88. The quantitative estimate of drug-likeness (QED) is 0.319. The fourth-order valence-electron chi connectivity index (χ4n) is 4.24. The molecule has 0 fully saturated rings. The smallest absolute Gasteiger partial charge is 0.224 e. The van der Waals surface area contributed by atoms with Crippen LogP contribution in [0.1, 0.15) is 30.9 Å². The second-order valence-electron chi connectivity index (χ2n) is 8.01. The monoisotopic (exact) mass is 366 g/mol. The minimum absolute atomic E-state index is 0.516. The van der Waals surface area contributed by atoms with E-state index in [1.54, 1.807) is 0 Å². The Morgan fingerprint density at radius 1 is 0.857 bits per heavy atom. The predicted octanol–water partition coefficient (Wildman–Crippen LogP) is 6.66. The summed E-state index contributed by atoms with van der Waals surface area (Å²) in [6, 6.07) is 21.7. The Hall–Kier alpha value is -3.13. The first-order valence-corrected chi connectivity index (χ1v) is 9.88. The highest BCUT2D eigenvalue weighted by Gasteiger charge is 2.23. The van der Waals surface area contributed by atoms with Crippen molar-refractivity contribution in [1.29, 1.82) is 0 Å². The summed E-state index contributed by atoms with van der Waals surface area (Å²) < 4.78 is 8.59. The van der Waals surface area contributed by atoms with E-state index in [0.717, 1.165) is 11.2 Å². The Balaban J connectivity index is 1.91. The second-order valence-corrected chi connectivity index (χ2v) is 8.01. The van der Waals surface area contributed by atoms with Crippen LogP contribution in [-0.4, -0.2) is 0 Å². The summed E-state index contributed by atoms with van der Waals surface area (Å²) in [5, 5.41) is 4.87. The number of aromatic nitrogens is 1. The molecule has 0 unspecified atom stereocenters. The van der Waals surface area contributed by atoms with Gasteiger partial charge in [-0.2, -0.15) is 0 Å². The van der Waals surface area contributed by atoms with Gasteiger partial charge >= 0.3 is 0 Å². The largest absolute Gasteiger partial charge is 0.455 e. The van der Waals surface area contributed by atoms with Crippen LogP contribution in [0.15, 0.2) is 71.3 Å². The Bertz CT molecular complexity index is 1360. The van der Waals surface area contributed by atoms with E-state index in [1.807, 2.05) is 12.1 Å². The number of nitrogens with zero attached hydrogens (tertiary/aromatic N) is 1. The first-order chi connectivity index (χ1) is 13.5. The molecule has 138 valence electrons. The molecule has 0 amide bonds. The molecule has 0 aliphatic rings. The van der Waals surface area contributed by atoms with Crippen LogP contribution in [0, 0.1) is 6.92 Å². The summed E-state index contributed by atoms with van der Waals surface area (Å²) in [4.78, 5) is 0. The van der Waals surface area contributed by atoms with Gasteiger partial charge in [0.2, 0.25) is 5.69 Å². The van der Waals surface area contributed by atoms with E-state index in [9.17, 15) is 0 Å². The molecule has 5 rings (SSSR count). The van der Waals surface area contributed by atoms with Crippen LogP contribution in [0.2, 0.25) is 0 Å². The Morgan fingerprint density at radius 2 is 1.64 bits per heavy atom. The summed E-state index contributed by atoms with van der Waals surface area (Å²) >= 11 is 0. The van der Waals surface area contributed by atoms with Gasteiger partial charge in [0, 0.05) is 16.8 Å². The molecule has 2 nitrogen and oxygen atoms in total. The Labute approximate surface area is 165 Å². The molecular weight excluding hydrogens is 342 g/mol. The first-order valence-electron chi connectivity index (χ1n) is 9.88. The molecule has 28 heavy (non-hydrogen) atoms. The summed E-state index contributed by atoms with van der Waals surface area (Å²) in [6.45, 7) is 6.65. The van der Waals surface area contributed by atoms with E-state index in [2.05, 4.69) is 87.1 Å². The van der Waals surface area contributed by atoms with Crippen molar-refractivity contribution in [3.05, 3.63) is 78.0 Å². The third-order valence-corrected chi connectivity index (χ3v) is 5.82. The van der Waals surface area contributed by atoms with Crippen molar-refractivity contribution in [3.63, 3.8) is 0 Å². The maximum absolute atomic E-state index is 6.37. The van der Waals surface area contributed by atoms with Crippen LogP contribution in [0.4, 0.5) is 0 Å². The standard InChI is InChI=1S/C26H24NO/c1-16(2)18-10-12-20-19(15-18)13-14-27(4)25(20)24-17(3)9-11-22-21-7-5-6-8-23(21)28-26(22)24/h5-16H,1-4H3/q+1. The molecule has 0 saturated carbocycles. The van der Waals surface area contributed by atoms with Gasteiger partial charge in [0.05, 0.1) is 10.9 Å². The molecule has 2 aromatic heterocycles. The van der Waals surface area contributed by atoms with Gasteiger partial charge in [-0.1, -0.05) is 56.3 Å². The number of aryl methyl sites for hydroxylation is 2. The lowest BCUT2D eigenvalue weighted by Gasteiger charge is -2.11. The second kappa shape index (κ2) is 6.20. The van der Waals surface area contributed by atoms with E-state index >= 15 is 0 Å².